The van der Waals surface area contributed by atoms with Crippen LogP contribution in [0.4, 0.5) is 0 Å². The van der Waals surface area contributed by atoms with Crippen molar-refractivity contribution in [3.8, 4) is 11.8 Å². The van der Waals surface area contributed by atoms with Gasteiger partial charge in [0.2, 0.25) is 5.91 Å². The number of carbonyl (C=O) groups is 1. The number of amides is 1. The van der Waals surface area contributed by atoms with Gasteiger partial charge in [-0.2, -0.15) is 0 Å². The van der Waals surface area contributed by atoms with Crippen LogP contribution in [0.2, 0.25) is 0 Å². The van der Waals surface area contributed by atoms with Gasteiger partial charge in [0.15, 0.2) is 0 Å². The molecule has 1 amide bonds. The molecule has 1 rings (SSSR count). The Hall–Kier alpha value is -1.31. The van der Waals surface area contributed by atoms with Crippen LogP contribution in [0.1, 0.15) is 37.6 Å². The first-order valence-electron chi connectivity index (χ1n) is 6.87. The summed E-state index contributed by atoms with van der Waals surface area (Å²) < 4.78 is 0. The lowest BCUT2D eigenvalue weighted by Crippen LogP contribution is -2.33. The van der Waals surface area contributed by atoms with Gasteiger partial charge in [-0.3, -0.25) is 4.79 Å². The van der Waals surface area contributed by atoms with Crippen molar-refractivity contribution in [2.24, 2.45) is 11.8 Å². The first kappa shape index (κ1) is 16.7. The Morgan fingerprint density at radius 3 is 2.75 bits per heavy atom. The Morgan fingerprint density at radius 1 is 1.45 bits per heavy atom. The summed E-state index contributed by atoms with van der Waals surface area (Å²) in [5.41, 5.74) is 0.955. The molecule has 1 aromatic heterocycles. The van der Waals surface area contributed by atoms with Crippen LogP contribution < -0.4 is 0 Å². The number of nitrogens with zero attached hydrogens (tertiary/aromatic N) is 1. The molecule has 4 heteroatoms. The average molecular weight is 293 g/mol. The number of aliphatic hydroxyl groups is 1. The summed E-state index contributed by atoms with van der Waals surface area (Å²) in [5, 5.41) is 10.7. The van der Waals surface area contributed by atoms with Crippen molar-refractivity contribution >= 4 is 17.2 Å². The average Bonchev–Trinajstić information content (AvgIpc) is 2.84. The van der Waals surface area contributed by atoms with Gasteiger partial charge < -0.3 is 10.0 Å². The minimum atomic E-state index is 0.0452. The van der Waals surface area contributed by atoms with E-state index in [1.807, 2.05) is 25.4 Å². The lowest BCUT2D eigenvalue weighted by Gasteiger charge is -2.23. The summed E-state index contributed by atoms with van der Waals surface area (Å²) in [6, 6.07) is 2.01. The van der Waals surface area contributed by atoms with Crippen molar-refractivity contribution in [3.63, 3.8) is 0 Å². The molecule has 0 aliphatic carbocycles. The van der Waals surface area contributed by atoms with Crippen LogP contribution in [0.25, 0.3) is 0 Å². The Bertz CT molecular complexity index is 496. The summed E-state index contributed by atoms with van der Waals surface area (Å²) in [7, 11) is 1.85. The van der Waals surface area contributed by atoms with Crippen molar-refractivity contribution in [2.45, 2.75) is 33.7 Å². The molecule has 0 saturated carbocycles. The van der Waals surface area contributed by atoms with Gasteiger partial charge in [0.05, 0.1) is 13.2 Å². The van der Waals surface area contributed by atoms with E-state index >= 15 is 0 Å². The zero-order valence-corrected chi connectivity index (χ0v) is 13.5. The van der Waals surface area contributed by atoms with Gasteiger partial charge >= 0.3 is 0 Å². The minimum Gasteiger partial charge on any atom is -0.395 e. The Morgan fingerprint density at radius 2 is 2.15 bits per heavy atom. The second-order valence-electron chi connectivity index (χ2n) is 5.30. The maximum absolute atomic E-state index is 12.2. The predicted molar refractivity (Wildman–Crippen MR) is 83.4 cm³/mol. The number of carbonyl (C=O) groups excluding carboxylic acids is 1. The van der Waals surface area contributed by atoms with Crippen LogP contribution in [0.15, 0.2) is 11.4 Å². The van der Waals surface area contributed by atoms with E-state index in [1.54, 1.807) is 16.2 Å². The largest absolute Gasteiger partial charge is 0.395 e. The summed E-state index contributed by atoms with van der Waals surface area (Å²) in [6.45, 7) is 6.83. The summed E-state index contributed by atoms with van der Waals surface area (Å²) >= 11 is 1.61. The summed E-state index contributed by atoms with van der Waals surface area (Å²) in [6.07, 6.45) is 0.496. The van der Waals surface area contributed by atoms with Crippen molar-refractivity contribution in [2.75, 3.05) is 13.7 Å². The molecule has 1 heterocycles. The lowest BCUT2D eigenvalue weighted by molar-refractivity contribution is -0.135. The van der Waals surface area contributed by atoms with Crippen LogP contribution in [0, 0.1) is 23.7 Å². The second-order valence-corrected chi connectivity index (χ2v) is 6.30. The minimum absolute atomic E-state index is 0.0452. The smallest absolute Gasteiger partial charge is 0.225 e. The van der Waals surface area contributed by atoms with Crippen LogP contribution in [0.3, 0.4) is 0 Å². The highest BCUT2D eigenvalue weighted by atomic mass is 32.1. The molecule has 0 aromatic carbocycles. The molecule has 1 atom stereocenters. The molecule has 0 radical (unpaired) electrons. The fourth-order valence-electron chi connectivity index (χ4n) is 1.69. The molecule has 3 nitrogen and oxygen atoms in total. The number of hydrogen-bond donors (Lipinski definition) is 1. The fourth-order valence-corrected chi connectivity index (χ4v) is 2.56. The fraction of sp³-hybridized carbons (Fsp3) is 0.562. The monoisotopic (exact) mass is 293 g/mol. The van der Waals surface area contributed by atoms with Crippen LogP contribution >= 0.6 is 11.3 Å². The number of rotatable bonds is 5. The van der Waals surface area contributed by atoms with Gasteiger partial charge in [-0.05, 0) is 12.0 Å². The zero-order valence-electron chi connectivity index (χ0n) is 12.6. The molecule has 0 aliphatic rings. The Kier molecular flexibility index (Phi) is 6.77. The van der Waals surface area contributed by atoms with E-state index in [0.29, 0.717) is 18.9 Å². The highest BCUT2D eigenvalue weighted by Gasteiger charge is 2.20. The van der Waals surface area contributed by atoms with E-state index < -0.39 is 0 Å². The Labute approximate surface area is 125 Å². The molecule has 110 valence electrons. The molecule has 1 unspecified atom stereocenters. The topological polar surface area (TPSA) is 40.5 Å². The van der Waals surface area contributed by atoms with Crippen LogP contribution in [-0.2, 0) is 11.3 Å². The predicted octanol–water partition coefficient (Wildman–Crippen LogP) is 2.73. The van der Waals surface area contributed by atoms with Crippen molar-refractivity contribution < 1.29 is 9.90 Å². The van der Waals surface area contributed by atoms with E-state index in [1.165, 1.54) is 0 Å². The normalized spacial score (nSPS) is 11.9. The SMILES string of the molecule is CC(C)C(C)C(=O)N(C)Cc1cc(C#CCCO)cs1. The number of aliphatic hydroxyl groups excluding tert-OH is 1. The molecule has 0 spiro atoms. The Balaban J connectivity index is 2.61. The zero-order chi connectivity index (χ0) is 15.1. The first-order valence-corrected chi connectivity index (χ1v) is 7.75. The first-order chi connectivity index (χ1) is 9.45. The third-order valence-corrected chi connectivity index (χ3v) is 4.20. The standard InChI is InChI=1S/C16H23NO2S/c1-12(2)13(3)16(19)17(4)10-15-9-14(11-20-15)7-5-6-8-18/h9,11-13,18H,6,8,10H2,1-4H3. The van der Waals surface area contributed by atoms with Crippen molar-refractivity contribution in [3.05, 3.63) is 21.9 Å². The van der Waals surface area contributed by atoms with E-state index in [4.69, 9.17) is 5.11 Å². The molecule has 0 bridgehead atoms. The summed E-state index contributed by atoms with van der Waals surface area (Å²) in [5.74, 6) is 6.49. The molecule has 1 N–H and O–H groups in total. The molecule has 0 fully saturated rings. The number of thiophene rings is 1. The molecular weight excluding hydrogens is 270 g/mol. The maximum atomic E-state index is 12.2. The second kappa shape index (κ2) is 8.08. The van der Waals surface area contributed by atoms with E-state index in [2.05, 4.69) is 25.7 Å². The third kappa shape index (κ3) is 4.99. The quantitative estimate of drug-likeness (QED) is 0.848. The van der Waals surface area contributed by atoms with Crippen molar-refractivity contribution in [1.82, 2.24) is 4.90 Å². The van der Waals surface area contributed by atoms with Gasteiger partial charge in [0, 0.05) is 35.2 Å². The molecule has 1 aromatic rings. The highest BCUT2D eigenvalue weighted by Crippen LogP contribution is 2.18. The molecule has 0 aliphatic heterocycles. The van der Waals surface area contributed by atoms with Gasteiger partial charge in [-0.15, -0.1) is 11.3 Å². The van der Waals surface area contributed by atoms with Gasteiger partial charge in [-0.25, -0.2) is 0 Å². The highest BCUT2D eigenvalue weighted by molar-refractivity contribution is 7.10. The van der Waals surface area contributed by atoms with Crippen LogP contribution in [-0.4, -0.2) is 29.6 Å². The van der Waals surface area contributed by atoms with Gasteiger partial charge in [0.1, 0.15) is 0 Å². The van der Waals surface area contributed by atoms with Crippen molar-refractivity contribution in [1.29, 1.82) is 0 Å². The van der Waals surface area contributed by atoms with E-state index in [-0.39, 0.29) is 18.4 Å². The van der Waals surface area contributed by atoms with Gasteiger partial charge in [0.25, 0.3) is 0 Å². The molecule has 20 heavy (non-hydrogen) atoms. The summed E-state index contributed by atoms with van der Waals surface area (Å²) in [4.78, 5) is 15.1. The van der Waals surface area contributed by atoms with E-state index in [9.17, 15) is 4.79 Å². The lowest BCUT2D eigenvalue weighted by atomic mass is 9.97. The molecular formula is C16H23NO2S. The van der Waals surface area contributed by atoms with E-state index in [0.717, 1.165) is 10.4 Å². The van der Waals surface area contributed by atoms with Crippen LogP contribution in [0.5, 0.6) is 0 Å². The molecule has 0 saturated heterocycles. The maximum Gasteiger partial charge on any atom is 0.225 e. The third-order valence-electron chi connectivity index (χ3n) is 3.28. The number of hydrogen-bond acceptors (Lipinski definition) is 3. The van der Waals surface area contributed by atoms with Gasteiger partial charge in [-0.1, -0.05) is 32.6 Å².